The van der Waals surface area contributed by atoms with Gasteiger partial charge in [0.1, 0.15) is 0 Å². The van der Waals surface area contributed by atoms with Crippen LogP contribution in [0.2, 0.25) is 0 Å². The maximum atomic E-state index is 9.11. The summed E-state index contributed by atoms with van der Waals surface area (Å²) in [6, 6.07) is 4.93. The normalized spacial score (nSPS) is 15.2. The van der Waals surface area contributed by atoms with Crippen molar-refractivity contribution < 1.29 is 5.11 Å². The van der Waals surface area contributed by atoms with Gasteiger partial charge in [-0.15, -0.1) is 11.3 Å². The van der Waals surface area contributed by atoms with Gasteiger partial charge in [-0.1, -0.05) is 13.8 Å². The molecule has 3 heteroatoms. The predicted molar refractivity (Wildman–Crippen MR) is 66.4 cm³/mol. The van der Waals surface area contributed by atoms with Crippen LogP contribution in [0.5, 0.6) is 0 Å². The van der Waals surface area contributed by atoms with E-state index in [0.29, 0.717) is 6.04 Å². The van der Waals surface area contributed by atoms with E-state index in [1.807, 2.05) is 11.3 Å². The molecule has 1 unspecified atom stereocenters. The van der Waals surface area contributed by atoms with Crippen molar-refractivity contribution in [2.24, 2.45) is 0 Å². The van der Waals surface area contributed by atoms with Crippen molar-refractivity contribution >= 4 is 11.3 Å². The smallest absolute Gasteiger partial charge is 0.0584 e. The second-order valence-electron chi connectivity index (χ2n) is 3.83. The Bertz CT molecular complexity index is 281. The van der Waals surface area contributed by atoms with Crippen molar-refractivity contribution in [3.8, 4) is 0 Å². The van der Waals surface area contributed by atoms with Crippen molar-refractivity contribution in [1.82, 2.24) is 5.32 Å². The van der Waals surface area contributed by atoms with Crippen molar-refractivity contribution in [3.05, 3.63) is 21.9 Å². The van der Waals surface area contributed by atoms with Crippen LogP contribution in [0, 0.1) is 0 Å². The number of aryl methyl sites for hydroxylation is 1. The summed E-state index contributed by atoms with van der Waals surface area (Å²) in [6.45, 7) is 6.64. The molecule has 1 aromatic rings. The number of thiophene rings is 1. The third-order valence-corrected chi connectivity index (χ3v) is 4.07. The molecule has 15 heavy (non-hydrogen) atoms. The van der Waals surface area contributed by atoms with Gasteiger partial charge in [-0.2, -0.15) is 0 Å². The van der Waals surface area contributed by atoms with Gasteiger partial charge in [0.15, 0.2) is 0 Å². The molecule has 0 bridgehead atoms. The van der Waals surface area contributed by atoms with Crippen LogP contribution >= 0.6 is 11.3 Å². The first kappa shape index (κ1) is 12.7. The second-order valence-corrected chi connectivity index (χ2v) is 5.03. The fourth-order valence-corrected chi connectivity index (χ4v) is 2.52. The molecule has 0 radical (unpaired) electrons. The molecule has 1 heterocycles. The number of hydrogen-bond acceptors (Lipinski definition) is 3. The van der Waals surface area contributed by atoms with Crippen molar-refractivity contribution in [2.45, 2.75) is 45.7 Å². The zero-order chi connectivity index (χ0) is 11.3. The van der Waals surface area contributed by atoms with Crippen LogP contribution in [0.1, 0.15) is 43.0 Å². The average Bonchev–Trinajstić information content (AvgIpc) is 2.74. The van der Waals surface area contributed by atoms with E-state index in [-0.39, 0.29) is 12.6 Å². The molecule has 2 N–H and O–H groups in total. The number of rotatable bonds is 6. The van der Waals surface area contributed by atoms with Gasteiger partial charge in [0.05, 0.1) is 6.61 Å². The first-order valence-corrected chi connectivity index (χ1v) is 6.48. The Kier molecular flexibility index (Phi) is 5.29. The molecule has 1 aromatic heterocycles. The van der Waals surface area contributed by atoms with Gasteiger partial charge >= 0.3 is 0 Å². The lowest BCUT2D eigenvalue weighted by Crippen LogP contribution is -2.33. The summed E-state index contributed by atoms with van der Waals surface area (Å²) in [7, 11) is 0. The van der Waals surface area contributed by atoms with Crippen LogP contribution < -0.4 is 5.32 Å². The minimum atomic E-state index is 0.215. The van der Waals surface area contributed by atoms with Crippen LogP contribution in [0.15, 0.2) is 12.1 Å². The van der Waals surface area contributed by atoms with Gasteiger partial charge in [0.25, 0.3) is 0 Å². The molecule has 0 saturated carbocycles. The fraction of sp³-hybridized carbons (Fsp3) is 0.667. The van der Waals surface area contributed by atoms with Gasteiger partial charge in [-0.05, 0) is 31.9 Å². The van der Waals surface area contributed by atoms with Gasteiger partial charge < -0.3 is 10.4 Å². The summed E-state index contributed by atoms with van der Waals surface area (Å²) in [5, 5.41) is 12.5. The molecule has 0 aliphatic carbocycles. The Hall–Kier alpha value is -0.380. The number of aliphatic hydroxyl groups is 1. The molecule has 0 aliphatic heterocycles. The highest BCUT2D eigenvalue weighted by molar-refractivity contribution is 7.12. The zero-order valence-corrected chi connectivity index (χ0v) is 10.6. The lowest BCUT2D eigenvalue weighted by molar-refractivity contribution is 0.230. The van der Waals surface area contributed by atoms with E-state index >= 15 is 0 Å². The minimum absolute atomic E-state index is 0.215. The standard InChI is InChI=1S/C12H21NOS/c1-4-10(8-14)13-9(3)12-7-6-11(5-2)15-12/h6-7,9-10,13-14H,4-5,8H2,1-3H3/t9?,10-/m1/s1. The lowest BCUT2D eigenvalue weighted by atomic mass is 10.2. The number of hydrogen-bond donors (Lipinski definition) is 2. The van der Waals surface area contributed by atoms with E-state index in [0.717, 1.165) is 12.8 Å². The maximum Gasteiger partial charge on any atom is 0.0584 e. The third-order valence-electron chi connectivity index (χ3n) is 2.66. The molecule has 0 spiro atoms. The van der Waals surface area contributed by atoms with E-state index < -0.39 is 0 Å². The van der Waals surface area contributed by atoms with Gasteiger partial charge in [0.2, 0.25) is 0 Å². The molecular weight excluding hydrogens is 206 g/mol. The summed E-state index contributed by atoms with van der Waals surface area (Å²) in [6.07, 6.45) is 2.07. The highest BCUT2D eigenvalue weighted by Gasteiger charge is 2.12. The van der Waals surface area contributed by atoms with Crippen LogP contribution in [0.3, 0.4) is 0 Å². The molecule has 0 amide bonds. The fourth-order valence-electron chi connectivity index (χ4n) is 1.55. The van der Waals surface area contributed by atoms with Crippen LogP contribution in [-0.4, -0.2) is 17.8 Å². The first-order valence-electron chi connectivity index (χ1n) is 5.66. The molecule has 0 fully saturated rings. The molecule has 2 atom stereocenters. The third kappa shape index (κ3) is 3.59. The Labute approximate surface area is 96.3 Å². The van der Waals surface area contributed by atoms with Crippen LogP contribution in [0.4, 0.5) is 0 Å². The Morgan fingerprint density at radius 2 is 2.13 bits per heavy atom. The van der Waals surface area contributed by atoms with Gasteiger partial charge in [-0.3, -0.25) is 0 Å². The first-order chi connectivity index (χ1) is 7.21. The number of nitrogens with one attached hydrogen (secondary N) is 1. The zero-order valence-electron chi connectivity index (χ0n) is 9.79. The van der Waals surface area contributed by atoms with Gasteiger partial charge in [0, 0.05) is 21.8 Å². The summed E-state index contributed by atoms with van der Waals surface area (Å²) in [5.41, 5.74) is 0. The second kappa shape index (κ2) is 6.26. The molecular formula is C12H21NOS. The summed E-state index contributed by atoms with van der Waals surface area (Å²) in [4.78, 5) is 2.79. The quantitative estimate of drug-likeness (QED) is 0.783. The maximum absolute atomic E-state index is 9.11. The summed E-state index contributed by atoms with van der Waals surface area (Å²) >= 11 is 1.86. The highest BCUT2D eigenvalue weighted by atomic mass is 32.1. The molecule has 0 aliphatic rings. The summed E-state index contributed by atoms with van der Waals surface area (Å²) < 4.78 is 0. The van der Waals surface area contributed by atoms with Gasteiger partial charge in [-0.25, -0.2) is 0 Å². The predicted octanol–water partition coefficient (Wildman–Crippen LogP) is 2.73. The topological polar surface area (TPSA) is 32.3 Å². The van der Waals surface area contributed by atoms with E-state index in [4.69, 9.17) is 5.11 Å². The molecule has 86 valence electrons. The highest BCUT2D eigenvalue weighted by Crippen LogP contribution is 2.23. The van der Waals surface area contributed by atoms with Crippen LogP contribution in [0.25, 0.3) is 0 Å². The van der Waals surface area contributed by atoms with E-state index in [1.54, 1.807) is 0 Å². The largest absolute Gasteiger partial charge is 0.395 e. The molecule has 0 saturated heterocycles. The SMILES string of the molecule is CCc1ccc(C(C)N[C@H](CC)CO)s1. The van der Waals surface area contributed by atoms with Crippen molar-refractivity contribution in [3.63, 3.8) is 0 Å². The molecule has 2 nitrogen and oxygen atoms in total. The molecule has 1 rings (SSSR count). The number of aliphatic hydroxyl groups excluding tert-OH is 1. The Morgan fingerprint density at radius 1 is 1.40 bits per heavy atom. The average molecular weight is 227 g/mol. The summed E-state index contributed by atoms with van der Waals surface area (Å²) in [5.74, 6) is 0. The Morgan fingerprint density at radius 3 is 2.60 bits per heavy atom. The molecule has 0 aromatic carbocycles. The minimum Gasteiger partial charge on any atom is -0.395 e. The monoisotopic (exact) mass is 227 g/mol. The van der Waals surface area contributed by atoms with Crippen LogP contribution in [-0.2, 0) is 6.42 Å². The van der Waals surface area contributed by atoms with Crippen molar-refractivity contribution in [2.75, 3.05) is 6.61 Å². The Balaban J connectivity index is 2.55. The van der Waals surface area contributed by atoms with E-state index in [9.17, 15) is 0 Å². The lowest BCUT2D eigenvalue weighted by Gasteiger charge is -2.19. The van der Waals surface area contributed by atoms with Crippen molar-refractivity contribution in [1.29, 1.82) is 0 Å². The van der Waals surface area contributed by atoms with E-state index in [2.05, 4.69) is 38.2 Å². The van der Waals surface area contributed by atoms with E-state index in [1.165, 1.54) is 9.75 Å².